The molecular weight excluding hydrogens is 318 g/mol. The van der Waals surface area contributed by atoms with Crippen LogP contribution in [0.1, 0.15) is 31.2 Å². The summed E-state index contributed by atoms with van der Waals surface area (Å²) in [5.74, 6) is -0.298. The van der Waals surface area contributed by atoms with Crippen LogP contribution in [0.15, 0.2) is 28.7 Å². The molecular formula is C13H19BrClNO2. The standard InChI is InChI=1S/C13H18BrNO2.ClH/c1-2-17-13(16)12(4-3-9-15)10-5-7-11(14)8-6-10;/h5-8,12H,2-4,9,15H2,1H3;1H. The Morgan fingerprint density at radius 1 is 1.39 bits per heavy atom. The van der Waals surface area contributed by atoms with Crippen molar-refractivity contribution >= 4 is 21.9 Å². The number of hydrogen-bond donors (Lipinski definition) is 1. The van der Waals surface area contributed by atoms with Gasteiger partial charge in [0.25, 0.3) is 0 Å². The summed E-state index contributed by atoms with van der Waals surface area (Å²) in [6.07, 6.45) is 1.73. The fourth-order valence-electron chi connectivity index (χ4n) is 1.71. The highest BCUT2D eigenvalue weighted by molar-refractivity contribution is 9.10. The molecule has 3 N–H and O–H groups in total. The number of quaternary nitrogens is 1. The number of benzene rings is 1. The third-order valence-corrected chi connectivity index (χ3v) is 3.11. The first kappa shape index (κ1) is 17.4. The topological polar surface area (TPSA) is 53.9 Å². The average Bonchev–Trinajstić information content (AvgIpc) is 2.32. The molecule has 0 spiro atoms. The van der Waals surface area contributed by atoms with E-state index in [1.165, 1.54) is 0 Å². The summed E-state index contributed by atoms with van der Waals surface area (Å²) < 4.78 is 6.13. The Kier molecular flexibility index (Phi) is 9.06. The lowest BCUT2D eigenvalue weighted by Crippen LogP contribution is -3.00. The van der Waals surface area contributed by atoms with E-state index in [2.05, 4.69) is 21.7 Å². The second-order valence-electron chi connectivity index (χ2n) is 3.85. The second-order valence-corrected chi connectivity index (χ2v) is 4.77. The van der Waals surface area contributed by atoms with Crippen LogP contribution in [-0.2, 0) is 9.53 Å². The molecule has 18 heavy (non-hydrogen) atoms. The van der Waals surface area contributed by atoms with Gasteiger partial charge in [-0.15, -0.1) is 0 Å². The fraction of sp³-hybridized carbons (Fsp3) is 0.462. The second kappa shape index (κ2) is 9.36. The largest absolute Gasteiger partial charge is 1.00 e. The van der Waals surface area contributed by atoms with Gasteiger partial charge in [-0.25, -0.2) is 0 Å². The lowest BCUT2D eigenvalue weighted by atomic mass is 9.94. The first-order valence-corrected chi connectivity index (χ1v) is 6.69. The van der Waals surface area contributed by atoms with Gasteiger partial charge in [0.05, 0.1) is 19.1 Å². The molecule has 1 atom stereocenters. The Morgan fingerprint density at radius 3 is 2.50 bits per heavy atom. The molecule has 5 heteroatoms. The number of esters is 1. The molecule has 0 amide bonds. The van der Waals surface area contributed by atoms with Crippen LogP contribution in [0.25, 0.3) is 0 Å². The summed E-state index contributed by atoms with van der Waals surface area (Å²) in [7, 11) is 0. The van der Waals surface area contributed by atoms with E-state index in [4.69, 9.17) is 4.74 Å². The Bertz CT molecular complexity index is 357. The fourth-order valence-corrected chi connectivity index (χ4v) is 1.97. The van der Waals surface area contributed by atoms with Gasteiger partial charge >= 0.3 is 5.97 Å². The minimum atomic E-state index is -0.162. The molecule has 1 unspecified atom stereocenters. The van der Waals surface area contributed by atoms with Crippen LogP contribution in [-0.4, -0.2) is 19.1 Å². The lowest BCUT2D eigenvalue weighted by molar-refractivity contribution is -0.368. The van der Waals surface area contributed by atoms with Gasteiger partial charge in [-0.1, -0.05) is 28.1 Å². The highest BCUT2D eigenvalue weighted by Gasteiger charge is 2.21. The number of carbonyl (C=O) groups is 1. The number of carbonyl (C=O) groups excluding carboxylic acids is 1. The molecule has 0 heterocycles. The van der Waals surface area contributed by atoms with E-state index >= 15 is 0 Å². The van der Waals surface area contributed by atoms with Crippen molar-refractivity contribution in [1.82, 2.24) is 0 Å². The highest BCUT2D eigenvalue weighted by atomic mass is 79.9. The molecule has 0 aliphatic rings. The predicted octanol–water partition coefficient (Wildman–Crippen LogP) is -0.878. The zero-order valence-corrected chi connectivity index (χ0v) is 12.8. The number of halogens is 2. The third kappa shape index (κ3) is 5.38. The Hall–Kier alpha value is -0.580. The molecule has 0 aliphatic heterocycles. The molecule has 1 aromatic rings. The van der Waals surface area contributed by atoms with Crippen LogP contribution in [0.5, 0.6) is 0 Å². The van der Waals surface area contributed by atoms with Gasteiger partial charge in [-0.2, -0.15) is 0 Å². The number of hydrogen-bond acceptors (Lipinski definition) is 2. The predicted molar refractivity (Wildman–Crippen MR) is 70.5 cm³/mol. The third-order valence-electron chi connectivity index (χ3n) is 2.59. The SMILES string of the molecule is CCOC(=O)C(CCC[NH3+])c1ccc(Br)cc1.[Cl-]. The Morgan fingerprint density at radius 2 is 2.00 bits per heavy atom. The van der Waals surface area contributed by atoms with Crippen LogP contribution in [0.3, 0.4) is 0 Å². The van der Waals surface area contributed by atoms with E-state index in [-0.39, 0.29) is 24.3 Å². The number of ether oxygens (including phenoxy) is 1. The van der Waals surface area contributed by atoms with Gasteiger partial charge in [0, 0.05) is 4.47 Å². The summed E-state index contributed by atoms with van der Waals surface area (Å²) in [6.45, 7) is 3.10. The van der Waals surface area contributed by atoms with Crippen LogP contribution in [0, 0.1) is 0 Å². The summed E-state index contributed by atoms with van der Waals surface area (Å²) in [5.41, 5.74) is 4.83. The van der Waals surface area contributed by atoms with Crippen molar-refractivity contribution in [3.8, 4) is 0 Å². The molecule has 102 valence electrons. The van der Waals surface area contributed by atoms with Crippen LogP contribution < -0.4 is 18.1 Å². The Labute approximate surface area is 123 Å². The first-order valence-electron chi connectivity index (χ1n) is 5.90. The highest BCUT2D eigenvalue weighted by Crippen LogP contribution is 2.24. The van der Waals surface area contributed by atoms with Gasteiger partial charge in [-0.3, -0.25) is 4.79 Å². The molecule has 0 saturated carbocycles. The van der Waals surface area contributed by atoms with Gasteiger partial charge in [0.15, 0.2) is 0 Å². The molecule has 0 bridgehead atoms. The zero-order chi connectivity index (χ0) is 12.7. The van der Waals surface area contributed by atoms with Gasteiger partial charge < -0.3 is 22.9 Å². The van der Waals surface area contributed by atoms with E-state index in [9.17, 15) is 4.79 Å². The first-order chi connectivity index (χ1) is 8.19. The maximum Gasteiger partial charge on any atom is 0.313 e. The monoisotopic (exact) mass is 335 g/mol. The van der Waals surface area contributed by atoms with E-state index < -0.39 is 0 Å². The average molecular weight is 337 g/mol. The lowest BCUT2D eigenvalue weighted by Gasteiger charge is -2.15. The van der Waals surface area contributed by atoms with Crippen LogP contribution >= 0.6 is 15.9 Å². The molecule has 0 fully saturated rings. The normalized spacial score (nSPS) is 11.5. The maximum atomic E-state index is 11.9. The van der Waals surface area contributed by atoms with E-state index in [0.717, 1.165) is 29.4 Å². The van der Waals surface area contributed by atoms with Crippen molar-refractivity contribution in [3.05, 3.63) is 34.3 Å². The van der Waals surface area contributed by atoms with Crippen molar-refractivity contribution in [2.24, 2.45) is 0 Å². The minimum Gasteiger partial charge on any atom is -1.00 e. The van der Waals surface area contributed by atoms with Gasteiger partial charge in [0.1, 0.15) is 0 Å². The number of rotatable bonds is 6. The van der Waals surface area contributed by atoms with Gasteiger partial charge in [-0.05, 0) is 37.5 Å². The molecule has 0 aromatic heterocycles. The molecule has 0 saturated heterocycles. The van der Waals surface area contributed by atoms with Gasteiger partial charge in [0.2, 0.25) is 0 Å². The van der Waals surface area contributed by atoms with Crippen molar-refractivity contribution in [2.45, 2.75) is 25.7 Å². The zero-order valence-electron chi connectivity index (χ0n) is 10.5. The molecule has 3 nitrogen and oxygen atoms in total. The van der Waals surface area contributed by atoms with E-state index in [1.807, 2.05) is 31.2 Å². The van der Waals surface area contributed by atoms with Crippen molar-refractivity contribution in [3.63, 3.8) is 0 Å². The Balaban J connectivity index is 0.00000289. The summed E-state index contributed by atoms with van der Waals surface area (Å²) in [6, 6.07) is 7.83. The summed E-state index contributed by atoms with van der Waals surface area (Å²) in [4.78, 5) is 11.9. The van der Waals surface area contributed by atoms with Crippen LogP contribution in [0.2, 0.25) is 0 Å². The van der Waals surface area contributed by atoms with E-state index in [0.29, 0.717) is 6.61 Å². The maximum absolute atomic E-state index is 11.9. The van der Waals surface area contributed by atoms with Crippen molar-refractivity contribution < 1.29 is 27.7 Å². The smallest absolute Gasteiger partial charge is 0.313 e. The molecule has 1 aromatic carbocycles. The molecule has 0 aliphatic carbocycles. The van der Waals surface area contributed by atoms with Crippen LogP contribution in [0.4, 0.5) is 0 Å². The molecule has 1 rings (SSSR count). The quantitative estimate of drug-likeness (QED) is 0.686. The minimum absolute atomic E-state index is 0. The molecule has 0 radical (unpaired) electrons. The van der Waals surface area contributed by atoms with E-state index in [1.54, 1.807) is 0 Å². The summed E-state index contributed by atoms with van der Waals surface area (Å²) in [5, 5.41) is 0. The van der Waals surface area contributed by atoms with Crippen molar-refractivity contribution in [2.75, 3.05) is 13.2 Å². The summed E-state index contributed by atoms with van der Waals surface area (Å²) >= 11 is 3.39. The van der Waals surface area contributed by atoms with Crippen molar-refractivity contribution in [1.29, 1.82) is 0 Å².